The Morgan fingerprint density at radius 1 is 1.42 bits per heavy atom. The average molecular weight is 281 g/mol. The molecule has 19 heavy (non-hydrogen) atoms. The van der Waals surface area contributed by atoms with Gasteiger partial charge in [-0.3, -0.25) is 4.90 Å². The van der Waals surface area contributed by atoms with Crippen molar-refractivity contribution in [2.75, 3.05) is 26.2 Å². The second-order valence-electron chi connectivity index (χ2n) is 5.50. The Hall–Kier alpha value is -0.770. The van der Waals surface area contributed by atoms with E-state index < -0.39 is 0 Å². The zero-order valence-electron chi connectivity index (χ0n) is 11.4. The topological polar surface area (TPSA) is 24.5 Å². The molecule has 0 aromatic heterocycles. The van der Waals surface area contributed by atoms with Gasteiger partial charge in [-0.05, 0) is 36.7 Å². The van der Waals surface area contributed by atoms with E-state index in [0.29, 0.717) is 6.04 Å². The number of nitrogens with one attached hydrogen (secondary N) is 1. The van der Waals surface area contributed by atoms with Gasteiger partial charge < -0.3 is 10.1 Å². The van der Waals surface area contributed by atoms with E-state index in [1.807, 2.05) is 18.2 Å². The summed E-state index contributed by atoms with van der Waals surface area (Å²) in [6.45, 7) is 6.65. The number of ether oxygens (including phenoxy) is 1. The molecule has 2 aliphatic rings. The van der Waals surface area contributed by atoms with Crippen molar-refractivity contribution in [3.05, 3.63) is 28.8 Å². The van der Waals surface area contributed by atoms with Crippen LogP contribution in [0, 0.1) is 0 Å². The van der Waals surface area contributed by atoms with Crippen LogP contribution in [0.5, 0.6) is 5.75 Å². The van der Waals surface area contributed by atoms with Gasteiger partial charge in [-0.2, -0.15) is 0 Å². The summed E-state index contributed by atoms with van der Waals surface area (Å²) in [5, 5.41) is 4.15. The molecule has 0 spiro atoms. The maximum atomic E-state index is 6.04. The van der Waals surface area contributed by atoms with Gasteiger partial charge in [0.05, 0.1) is 0 Å². The van der Waals surface area contributed by atoms with Crippen LogP contribution >= 0.6 is 11.6 Å². The summed E-state index contributed by atoms with van der Waals surface area (Å²) < 4.78 is 6.04. The van der Waals surface area contributed by atoms with Gasteiger partial charge in [0.2, 0.25) is 0 Å². The summed E-state index contributed by atoms with van der Waals surface area (Å²) in [6, 6.07) is 6.62. The van der Waals surface area contributed by atoms with Crippen molar-refractivity contribution in [2.45, 2.75) is 31.9 Å². The van der Waals surface area contributed by atoms with Crippen molar-refractivity contribution in [3.63, 3.8) is 0 Å². The van der Waals surface area contributed by atoms with Crippen molar-refractivity contribution in [1.29, 1.82) is 0 Å². The molecular formula is C15H21ClN2O. The molecule has 2 aliphatic heterocycles. The predicted molar refractivity (Wildman–Crippen MR) is 78.1 cm³/mol. The Balaban J connectivity index is 1.62. The third-order valence-corrected chi connectivity index (χ3v) is 4.22. The molecule has 0 radical (unpaired) electrons. The van der Waals surface area contributed by atoms with Gasteiger partial charge in [-0.15, -0.1) is 0 Å². The number of rotatable bonds is 5. The monoisotopic (exact) mass is 280 g/mol. The van der Waals surface area contributed by atoms with Crippen LogP contribution in [0.25, 0.3) is 0 Å². The van der Waals surface area contributed by atoms with Gasteiger partial charge in [0.15, 0.2) is 0 Å². The minimum Gasteiger partial charge on any atom is -0.488 e. The maximum absolute atomic E-state index is 6.04. The first-order chi connectivity index (χ1) is 9.26. The number of hydrogen-bond acceptors (Lipinski definition) is 3. The molecular weight excluding hydrogens is 260 g/mol. The summed E-state index contributed by atoms with van der Waals surface area (Å²) in [5.74, 6) is 1.01. The van der Waals surface area contributed by atoms with E-state index in [0.717, 1.165) is 43.4 Å². The van der Waals surface area contributed by atoms with Gasteiger partial charge in [0.1, 0.15) is 11.9 Å². The lowest BCUT2D eigenvalue weighted by atomic mass is 10.1. The third-order valence-electron chi connectivity index (χ3n) is 3.99. The van der Waals surface area contributed by atoms with E-state index in [-0.39, 0.29) is 6.10 Å². The van der Waals surface area contributed by atoms with E-state index >= 15 is 0 Å². The molecule has 2 heterocycles. The van der Waals surface area contributed by atoms with Crippen molar-refractivity contribution in [1.82, 2.24) is 10.2 Å². The molecule has 1 saturated heterocycles. The Labute approximate surface area is 119 Å². The molecule has 1 fully saturated rings. The fourth-order valence-electron chi connectivity index (χ4n) is 2.89. The first-order valence-electron chi connectivity index (χ1n) is 7.16. The zero-order valence-corrected chi connectivity index (χ0v) is 12.1. The number of fused-ring (bicyclic) bond motifs is 1. The van der Waals surface area contributed by atoms with Crippen LogP contribution in [0.2, 0.25) is 5.02 Å². The fourth-order valence-corrected chi connectivity index (χ4v) is 3.09. The SMILES string of the molecule is CCCN(CC1Cc2cc(Cl)ccc2O1)C1CNC1. The minimum atomic E-state index is 0.278. The Kier molecular flexibility index (Phi) is 3.96. The van der Waals surface area contributed by atoms with Crippen molar-refractivity contribution >= 4 is 11.6 Å². The lowest BCUT2D eigenvalue weighted by Crippen LogP contribution is -2.59. The highest BCUT2D eigenvalue weighted by molar-refractivity contribution is 6.30. The second kappa shape index (κ2) is 5.70. The molecule has 1 aromatic rings. The first kappa shape index (κ1) is 13.2. The highest BCUT2D eigenvalue weighted by Gasteiger charge is 2.30. The van der Waals surface area contributed by atoms with Crippen LogP contribution < -0.4 is 10.1 Å². The van der Waals surface area contributed by atoms with Crippen LogP contribution in [-0.2, 0) is 6.42 Å². The molecule has 1 aromatic carbocycles. The Bertz CT molecular complexity index is 448. The molecule has 0 amide bonds. The minimum absolute atomic E-state index is 0.278. The highest BCUT2D eigenvalue weighted by Crippen LogP contribution is 2.31. The average Bonchev–Trinajstić information content (AvgIpc) is 2.68. The summed E-state index contributed by atoms with van der Waals surface area (Å²) in [5.41, 5.74) is 1.25. The molecule has 4 heteroatoms. The second-order valence-corrected chi connectivity index (χ2v) is 5.94. The van der Waals surface area contributed by atoms with Gasteiger partial charge in [-0.1, -0.05) is 18.5 Å². The molecule has 3 rings (SSSR count). The molecule has 1 atom stereocenters. The Morgan fingerprint density at radius 2 is 2.26 bits per heavy atom. The summed E-state index contributed by atoms with van der Waals surface area (Å²) >= 11 is 6.03. The molecule has 0 bridgehead atoms. The highest BCUT2D eigenvalue weighted by atomic mass is 35.5. The standard InChI is InChI=1S/C15H21ClN2O/c1-2-5-18(13-8-17-9-13)10-14-7-11-6-12(16)3-4-15(11)19-14/h3-4,6,13-14,17H,2,5,7-10H2,1H3. The smallest absolute Gasteiger partial charge is 0.123 e. The van der Waals surface area contributed by atoms with Crippen molar-refractivity contribution in [3.8, 4) is 5.75 Å². The van der Waals surface area contributed by atoms with Gasteiger partial charge in [0.25, 0.3) is 0 Å². The maximum Gasteiger partial charge on any atom is 0.123 e. The number of nitrogens with zero attached hydrogens (tertiary/aromatic N) is 1. The summed E-state index contributed by atoms with van der Waals surface area (Å²) in [6.07, 6.45) is 2.46. The summed E-state index contributed by atoms with van der Waals surface area (Å²) in [4.78, 5) is 2.56. The van der Waals surface area contributed by atoms with Crippen LogP contribution in [0.3, 0.4) is 0 Å². The molecule has 3 nitrogen and oxygen atoms in total. The van der Waals surface area contributed by atoms with Crippen LogP contribution in [0.4, 0.5) is 0 Å². The first-order valence-corrected chi connectivity index (χ1v) is 7.54. The van der Waals surface area contributed by atoms with Crippen molar-refractivity contribution < 1.29 is 4.74 Å². The van der Waals surface area contributed by atoms with Gasteiger partial charge in [0, 0.05) is 37.1 Å². The van der Waals surface area contributed by atoms with E-state index in [1.165, 1.54) is 12.0 Å². The number of halogens is 1. The quantitative estimate of drug-likeness (QED) is 0.896. The van der Waals surface area contributed by atoms with E-state index in [1.54, 1.807) is 0 Å². The van der Waals surface area contributed by atoms with E-state index in [4.69, 9.17) is 16.3 Å². The largest absolute Gasteiger partial charge is 0.488 e. The molecule has 1 N–H and O–H groups in total. The van der Waals surface area contributed by atoms with E-state index in [9.17, 15) is 0 Å². The number of hydrogen-bond donors (Lipinski definition) is 1. The molecule has 1 unspecified atom stereocenters. The lowest BCUT2D eigenvalue weighted by molar-refractivity contribution is 0.0903. The normalized spacial score (nSPS) is 22.2. The number of benzene rings is 1. The Morgan fingerprint density at radius 3 is 2.95 bits per heavy atom. The van der Waals surface area contributed by atoms with Crippen LogP contribution in [0.15, 0.2) is 18.2 Å². The van der Waals surface area contributed by atoms with Gasteiger partial charge in [-0.25, -0.2) is 0 Å². The van der Waals surface area contributed by atoms with Crippen molar-refractivity contribution in [2.24, 2.45) is 0 Å². The molecule has 104 valence electrons. The van der Waals surface area contributed by atoms with Crippen LogP contribution in [-0.4, -0.2) is 43.2 Å². The fraction of sp³-hybridized carbons (Fsp3) is 0.600. The molecule has 0 saturated carbocycles. The third kappa shape index (κ3) is 2.88. The van der Waals surface area contributed by atoms with Crippen LogP contribution in [0.1, 0.15) is 18.9 Å². The lowest BCUT2D eigenvalue weighted by Gasteiger charge is -2.39. The molecule has 0 aliphatic carbocycles. The summed E-state index contributed by atoms with van der Waals surface area (Å²) in [7, 11) is 0. The zero-order chi connectivity index (χ0) is 13.2. The van der Waals surface area contributed by atoms with Gasteiger partial charge >= 0.3 is 0 Å². The predicted octanol–water partition coefficient (Wildman–Crippen LogP) is 2.33. The van der Waals surface area contributed by atoms with E-state index in [2.05, 4.69) is 17.1 Å².